The number of unbranched alkanes of at least 4 members (excludes halogenated alkanes) is 1. The van der Waals surface area contributed by atoms with Crippen LogP contribution in [-0.2, 0) is 4.79 Å². The molecule has 2 heteroatoms. The van der Waals surface area contributed by atoms with E-state index in [2.05, 4.69) is 19.1 Å². The third-order valence-electron chi connectivity index (χ3n) is 2.30. The van der Waals surface area contributed by atoms with Gasteiger partial charge in [-0.1, -0.05) is 55.5 Å². The summed E-state index contributed by atoms with van der Waals surface area (Å²) in [5.41, 5.74) is 0.775. The quantitative estimate of drug-likeness (QED) is 0.249. The molecule has 0 atom stereocenters. The number of hydrogen-bond acceptors (Lipinski definition) is 2. The molecule has 0 saturated heterocycles. The molecular weight excluding hydrogens is 236 g/mol. The summed E-state index contributed by atoms with van der Waals surface area (Å²) >= 11 is 0. The number of carbonyl (C=O) groups excluding carboxylic acids is 2. The van der Waals surface area contributed by atoms with Gasteiger partial charge in [0.15, 0.2) is 5.78 Å². The summed E-state index contributed by atoms with van der Waals surface area (Å²) in [6, 6.07) is 9.23. The highest BCUT2D eigenvalue weighted by atomic mass is 16.1. The number of hydrogen-bond donors (Lipinski definition) is 0. The normalized spacial score (nSPS) is 10.2. The van der Waals surface area contributed by atoms with Crippen molar-refractivity contribution in [1.29, 1.82) is 0 Å². The van der Waals surface area contributed by atoms with E-state index in [1.54, 1.807) is 13.0 Å². The van der Waals surface area contributed by atoms with Crippen molar-refractivity contribution >= 4 is 12.1 Å². The Hall–Kier alpha value is -1.96. The first-order valence-electron chi connectivity index (χ1n) is 6.53. The van der Waals surface area contributed by atoms with Crippen molar-refractivity contribution in [2.24, 2.45) is 0 Å². The van der Waals surface area contributed by atoms with E-state index in [9.17, 15) is 9.59 Å². The number of allylic oxidation sites excluding steroid dienone is 4. The van der Waals surface area contributed by atoms with Gasteiger partial charge in [-0.2, -0.15) is 0 Å². The fraction of sp³-hybridized carbons (Fsp3) is 0.294. The average Bonchev–Trinajstić information content (AvgIpc) is 2.44. The molecule has 0 heterocycles. The van der Waals surface area contributed by atoms with Crippen LogP contribution < -0.4 is 0 Å². The lowest BCUT2D eigenvalue weighted by molar-refractivity contribution is -0.104. The predicted molar refractivity (Wildman–Crippen MR) is 80.3 cm³/mol. The number of benzene rings is 1. The maximum absolute atomic E-state index is 10.6. The predicted octanol–water partition coefficient (Wildman–Crippen LogP) is 4.38. The van der Waals surface area contributed by atoms with Crippen LogP contribution in [0, 0.1) is 0 Å². The highest BCUT2D eigenvalue weighted by molar-refractivity contribution is 5.93. The molecule has 0 amide bonds. The standard InChI is InChI=1S/C9H14O.C8H8O/c1-2-3-4-5-6-7-8-9-10;1-7(9)8-5-3-2-4-6-8/h3-4,7-9H,2,5-6H2,1H3;2-6H,1H3. The fourth-order valence-corrected chi connectivity index (χ4v) is 1.30. The van der Waals surface area contributed by atoms with E-state index in [0.29, 0.717) is 0 Å². The van der Waals surface area contributed by atoms with Crippen LogP contribution in [0.25, 0.3) is 0 Å². The van der Waals surface area contributed by atoms with Gasteiger partial charge in [0.1, 0.15) is 6.29 Å². The number of carbonyl (C=O) groups is 2. The van der Waals surface area contributed by atoms with Crippen LogP contribution in [0.2, 0.25) is 0 Å². The summed E-state index contributed by atoms with van der Waals surface area (Å²) in [6.07, 6.45) is 11.6. The Balaban J connectivity index is 0.000000342. The first-order valence-corrected chi connectivity index (χ1v) is 6.53. The monoisotopic (exact) mass is 258 g/mol. The maximum atomic E-state index is 10.6. The minimum absolute atomic E-state index is 0.121. The van der Waals surface area contributed by atoms with Gasteiger partial charge < -0.3 is 0 Å². The molecule has 0 aromatic heterocycles. The molecule has 0 saturated carbocycles. The molecule has 0 spiro atoms. The molecule has 0 fully saturated rings. The lowest BCUT2D eigenvalue weighted by Gasteiger charge is -1.89. The van der Waals surface area contributed by atoms with E-state index in [1.807, 2.05) is 36.4 Å². The number of aldehydes is 1. The molecule has 0 radical (unpaired) electrons. The van der Waals surface area contributed by atoms with Gasteiger partial charge in [0.25, 0.3) is 0 Å². The topological polar surface area (TPSA) is 34.1 Å². The second-order valence-electron chi connectivity index (χ2n) is 3.94. The van der Waals surface area contributed by atoms with Gasteiger partial charge in [0.2, 0.25) is 0 Å². The lowest BCUT2D eigenvalue weighted by Crippen LogP contribution is -1.88. The Morgan fingerprint density at radius 2 is 1.68 bits per heavy atom. The molecule has 0 aliphatic carbocycles. The summed E-state index contributed by atoms with van der Waals surface area (Å²) in [5, 5.41) is 0. The summed E-state index contributed by atoms with van der Waals surface area (Å²) in [4.78, 5) is 20.4. The highest BCUT2D eigenvalue weighted by Crippen LogP contribution is 1.97. The zero-order valence-electron chi connectivity index (χ0n) is 11.7. The van der Waals surface area contributed by atoms with Crippen LogP contribution in [0.5, 0.6) is 0 Å². The minimum Gasteiger partial charge on any atom is -0.299 e. The summed E-state index contributed by atoms with van der Waals surface area (Å²) < 4.78 is 0. The van der Waals surface area contributed by atoms with Gasteiger partial charge in [-0.05, 0) is 32.3 Å². The van der Waals surface area contributed by atoms with Gasteiger partial charge in [0.05, 0.1) is 0 Å². The minimum atomic E-state index is 0.121. The molecule has 1 rings (SSSR count). The third kappa shape index (κ3) is 10.9. The Morgan fingerprint density at radius 1 is 1.05 bits per heavy atom. The molecule has 0 unspecified atom stereocenters. The van der Waals surface area contributed by atoms with Crippen molar-refractivity contribution in [3.8, 4) is 0 Å². The van der Waals surface area contributed by atoms with Gasteiger partial charge >= 0.3 is 0 Å². The van der Waals surface area contributed by atoms with E-state index < -0.39 is 0 Å². The van der Waals surface area contributed by atoms with Crippen LogP contribution in [0.1, 0.15) is 43.5 Å². The van der Waals surface area contributed by atoms with Gasteiger partial charge in [-0.3, -0.25) is 9.59 Å². The Kier molecular flexibility index (Phi) is 11.2. The largest absolute Gasteiger partial charge is 0.299 e. The smallest absolute Gasteiger partial charge is 0.159 e. The van der Waals surface area contributed by atoms with Crippen molar-refractivity contribution in [3.63, 3.8) is 0 Å². The van der Waals surface area contributed by atoms with Crippen molar-refractivity contribution < 1.29 is 9.59 Å². The molecule has 19 heavy (non-hydrogen) atoms. The summed E-state index contributed by atoms with van der Waals surface area (Å²) in [5.74, 6) is 0.121. The molecule has 0 bridgehead atoms. The van der Waals surface area contributed by atoms with Crippen LogP contribution in [0.3, 0.4) is 0 Å². The molecule has 102 valence electrons. The number of rotatable bonds is 6. The van der Waals surface area contributed by atoms with Crippen molar-refractivity contribution in [2.45, 2.75) is 33.1 Å². The van der Waals surface area contributed by atoms with Crippen molar-refractivity contribution in [3.05, 3.63) is 60.2 Å². The SMILES string of the molecule is CC(=O)c1ccccc1.CCC=CCCC=CC=O. The van der Waals surface area contributed by atoms with E-state index in [-0.39, 0.29) is 5.78 Å². The van der Waals surface area contributed by atoms with Crippen molar-refractivity contribution in [1.82, 2.24) is 0 Å². The molecular formula is C17H22O2. The van der Waals surface area contributed by atoms with Crippen LogP contribution >= 0.6 is 0 Å². The molecule has 1 aromatic carbocycles. The van der Waals surface area contributed by atoms with Gasteiger partial charge in [0, 0.05) is 5.56 Å². The highest BCUT2D eigenvalue weighted by Gasteiger charge is 1.92. The van der Waals surface area contributed by atoms with Crippen LogP contribution in [0.15, 0.2) is 54.6 Å². The summed E-state index contributed by atoms with van der Waals surface area (Å²) in [6.45, 7) is 3.67. The van der Waals surface area contributed by atoms with E-state index in [4.69, 9.17) is 0 Å². The Bertz CT molecular complexity index is 403. The zero-order chi connectivity index (χ0) is 14.3. The molecule has 0 aliphatic heterocycles. The van der Waals surface area contributed by atoms with Crippen LogP contribution in [-0.4, -0.2) is 12.1 Å². The average molecular weight is 258 g/mol. The second kappa shape index (κ2) is 12.5. The fourth-order valence-electron chi connectivity index (χ4n) is 1.30. The Labute approximate surface area is 115 Å². The van der Waals surface area contributed by atoms with E-state index >= 15 is 0 Å². The van der Waals surface area contributed by atoms with Gasteiger partial charge in [-0.25, -0.2) is 0 Å². The van der Waals surface area contributed by atoms with Crippen LogP contribution in [0.4, 0.5) is 0 Å². The number of ketones is 1. The molecule has 2 nitrogen and oxygen atoms in total. The van der Waals surface area contributed by atoms with E-state index in [1.165, 1.54) is 0 Å². The molecule has 1 aromatic rings. The van der Waals surface area contributed by atoms with E-state index in [0.717, 1.165) is 31.1 Å². The third-order valence-corrected chi connectivity index (χ3v) is 2.30. The second-order valence-corrected chi connectivity index (χ2v) is 3.94. The lowest BCUT2D eigenvalue weighted by atomic mass is 10.2. The zero-order valence-corrected chi connectivity index (χ0v) is 11.7. The Morgan fingerprint density at radius 3 is 2.16 bits per heavy atom. The molecule has 0 N–H and O–H groups in total. The van der Waals surface area contributed by atoms with Crippen molar-refractivity contribution in [2.75, 3.05) is 0 Å². The molecule has 0 aliphatic rings. The summed E-state index contributed by atoms with van der Waals surface area (Å²) in [7, 11) is 0. The number of Topliss-reactive ketones (excluding diaryl/α,β-unsaturated/α-hetero) is 1. The first kappa shape index (κ1) is 17.0. The van der Waals surface area contributed by atoms with Gasteiger partial charge in [-0.15, -0.1) is 0 Å². The maximum Gasteiger partial charge on any atom is 0.159 e. The first-order chi connectivity index (χ1) is 9.22.